The summed E-state index contributed by atoms with van der Waals surface area (Å²) in [5.41, 5.74) is 0.748. The predicted octanol–water partition coefficient (Wildman–Crippen LogP) is -0.260. The summed E-state index contributed by atoms with van der Waals surface area (Å²) in [6.45, 7) is 0. The van der Waals surface area contributed by atoms with Crippen LogP contribution in [0.5, 0.6) is 0 Å². The zero-order valence-electron chi connectivity index (χ0n) is 4.68. The molecule has 8 heavy (non-hydrogen) atoms. The maximum Gasteiger partial charge on any atom is 0.140 e. The topological polar surface area (TPSA) is 52.5 Å². The van der Waals surface area contributed by atoms with Gasteiger partial charge in [-0.05, 0) is 0 Å². The molecule has 0 unspecified atom stereocenters. The molecule has 0 fully saturated rings. The van der Waals surface area contributed by atoms with Gasteiger partial charge in [0.1, 0.15) is 11.9 Å². The Morgan fingerprint density at radius 1 is 1.75 bits per heavy atom. The molecule has 0 saturated carbocycles. The van der Waals surface area contributed by atoms with Crippen molar-refractivity contribution < 1.29 is 10.2 Å². The summed E-state index contributed by atoms with van der Waals surface area (Å²) in [6, 6.07) is 0. The lowest BCUT2D eigenvalue weighted by Gasteiger charge is -2.23. The van der Waals surface area contributed by atoms with Crippen LogP contribution in [0.1, 0.15) is 6.42 Å². The molecule has 0 amide bonds. The van der Waals surface area contributed by atoms with Crippen LogP contribution in [-0.4, -0.2) is 23.4 Å². The third kappa shape index (κ3) is 0.554. The lowest BCUT2D eigenvalue weighted by atomic mass is 10.00. The van der Waals surface area contributed by atoms with E-state index >= 15 is 0 Å². The van der Waals surface area contributed by atoms with Gasteiger partial charge in [-0.1, -0.05) is 0 Å². The third-order valence-electron chi connectivity index (χ3n) is 1.32. The minimum atomic E-state index is -0.613. The van der Waals surface area contributed by atoms with E-state index < -0.39 is 6.10 Å². The second kappa shape index (κ2) is 1.67. The highest BCUT2D eigenvalue weighted by Crippen LogP contribution is 2.22. The first-order valence-corrected chi connectivity index (χ1v) is 2.53. The molecule has 0 aliphatic heterocycles. The molecule has 3 N–H and O–H groups in total. The zero-order valence-corrected chi connectivity index (χ0v) is 4.68. The zero-order chi connectivity index (χ0) is 6.15. The van der Waals surface area contributed by atoms with Crippen molar-refractivity contribution in [3.63, 3.8) is 0 Å². The van der Waals surface area contributed by atoms with Crippen LogP contribution in [0.3, 0.4) is 0 Å². The molecule has 3 nitrogen and oxygen atoms in total. The Balaban J connectivity index is 2.58. The van der Waals surface area contributed by atoms with E-state index in [1.54, 1.807) is 7.05 Å². The van der Waals surface area contributed by atoms with E-state index in [4.69, 9.17) is 10.2 Å². The van der Waals surface area contributed by atoms with Gasteiger partial charge < -0.3 is 15.5 Å². The van der Waals surface area contributed by atoms with Crippen molar-refractivity contribution in [3.8, 4) is 0 Å². The van der Waals surface area contributed by atoms with Gasteiger partial charge in [0, 0.05) is 13.5 Å². The summed E-state index contributed by atoms with van der Waals surface area (Å²) < 4.78 is 0. The maximum absolute atomic E-state index is 8.74. The van der Waals surface area contributed by atoms with E-state index in [1.807, 2.05) is 0 Å². The van der Waals surface area contributed by atoms with Gasteiger partial charge in [-0.15, -0.1) is 0 Å². The van der Waals surface area contributed by atoms with Crippen molar-refractivity contribution in [2.24, 2.45) is 0 Å². The standard InChI is InChI=1S/C5H9NO2/c1-6-3-2-4(7)5(3)8/h4,6-8H,2H2,1H3/t4-/m0/s1. The van der Waals surface area contributed by atoms with Gasteiger partial charge in [-0.3, -0.25) is 0 Å². The number of aliphatic hydroxyl groups excluding tert-OH is 2. The largest absolute Gasteiger partial charge is 0.508 e. The van der Waals surface area contributed by atoms with Crippen LogP contribution in [0.25, 0.3) is 0 Å². The molecule has 1 atom stereocenters. The monoisotopic (exact) mass is 115 g/mol. The highest BCUT2D eigenvalue weighted by molar-refractivity contribution is 5.21. The fraction of sp³-hybridized carbons (Fsp3) is 0.600. The van der Waals surface area contributed by atoms with Crippen molar-refractivity contribution in [3.05, 3.63) is 11.5 Å². The van der Waals surface area contributed by atoms with Crippen LogP contribution in [0.15, 0.2) is 11.5 Å². The number of aliphatic hydroxyl groups is 2. The second-order valence-corrected chi connectivity index (χ2v) is 1.83. The maximum atomic E-state index is 8.74. The van der Waals surface area contributed by atoms with Gasteiger partial charge >= 0.3 is 0 Å². The van der Waals surface area contributed by atoms with Crippen LogP contribution in [0.4, 0.5) is 0 Å². The van der Waals surface area contributed by atoms with E-state index in [0.717, 1.165) is 5.70 Å². The molecule has 0 aromatic carbocycles. The Morgan fingerprint density at radius 2 is 2.38 bits per heavy atom. The summed E-state index contributed by atoms with van der Waals surface area (Å²) in [5.74, 6) is 0.0903. The molecule has 1 aliphatic carbocycles. The molecule has 0 spiro atoms. The fourth-order valence-corrected chi connectivity index (χ4v) is 0.695. The molecule has 1 aliphatic rings. The van der Waals surface area contributed by atoms with E-state index in [-0.39, 0.29) is 5.76 Å². The molecular weight excluding hydrogens is 106 g/mol. The SMILES string of the molecule is CNC1=C(O)[C@@H](O)C1. The van der Waals surface area contributed by atoms with Gasteiger partial charge in [0.05, 0.1) is 5.70 Å². The molecule has 0 heterocycles. The summed E-state index contributed by atoms with van der Waals surface area (Å²) in [5, 5.41) is 20.2. The fourth-order valence-electron chi connectivity index (χ4n) is 0.695. The minimum absolute atomic E-state index is 0.0903. The smallest absolute Gasteiger partial charge is 0.140 e. The van der Waals surface area contributed by atoms with E-state index in [0.29, 0.717) is 6.42 Å². The van der Waals surface area contributed by atoms with Crippen LogP contribution in [0.2, 0.25) is 0 Å². The molecule has 0 aromatic rings. The molecule has 0 bridgehead atoms. The second-order valence-electron chi connectivity index (χ2n) is 1.83. The van der Waals surface area contributed by atoms with Gasteiger partial charge in [0.15, 0.2) is 0 Å². The summed E-state index contributed by atoms with van der Waals surface area (Å²) in [7, 11) is 1.72. The van der Waals surface area contributed by atoms with Crippen molar-refractivity contribution in [1.29, 1.82) is 0 Å². The quantitative estimate of drug-likeness (QED) is 0.441. The average Bonchev–Trinajstić information content (AvgIpc) is 1.81. The van der Waals surface area contributed by atoms with Gasteiger partial charge in [-0.25, -0.2) is 0 Å². The molecule has 0 aromatic heterocycles. The summed E-state index contributed by atoms with van der Waals surface area (Å²) in [6.07, 6.45) is -0.0556. The molecule has 46 valence electrons. The minimum Gasteiger partial charge on any atom is -0.508 e. The Morgan fingerprint density at radius 3 is 2.50 bits per heavy atom. The first-order valence-electron chi connectivity index (χ1n) is 2.53. The van der Waals surface area contributed by atoms with Crippen molar-refractivity contribution >= 4 is 0 Å². The Bertz CT molecular complexity index is 130. The molecule has 3 heteroatoms. The number of hydrogen-bond acceptors (Lipinski definition) is 3. The molecule has 0 saturated heterocycles. The van der Waals surface area contributed by atoms with Crippen LogP contribution in [-0.2, 0) is 0 Å². The summed E-state index contributed by atoms with van der Waals surface area (Å²) >= 11 is 0. The molecule has 1 rings (SSSR count). The highest BCUT2D eigenvalue weighted by atomic mass is 16.3. The van der Waals surface area contributed by atoms with Crippen LogP contribution in [0, 0.1) is 0 Å². The molecular formula is C5H9NO2. The average molecular weight is 115 g/mol. The first-order chi connectivity index (χ1) is 3.75. The molecule has 0 radical (unpaired) electrons. The van der Waals surface area contributed by atoms with E-state index in [9.17, 15) is 0 Å². The van der Waals surface area contributed by atoms with Crippen molar-refractivity contribution in [2.45, 2.75) is 12.5 Å². The highest BCUT2D eigenvalue weighted by Gasteiger charge is 2.25. The number of rotatable bonds is 1. The number of nitrogens with one attached hydrogen (secondary N) is 1. The lowest BCUT2D eigenvalue weighted by molar-refractivity contribution is 0.116. The first kappa shape index (κ1) is 5.44. The Labute approximate surface area is 47.6 Å². The Hall–Kier alpha value is -0.700. The Kier molecular flexibility index (Phi) is 1.13. The van der Waals surface area contributed by atoms with E-state index in [1.165, 1.54) is 0 Å². The van der Waals surface area contributed by atoms with Crippen molar-refractivity contribution in [2.75, 3.05) is 7.05 Å². The van der Waals surface area contributed by atoms with Crippen LogP contribution >= 0.6 is 0 Å². The van der Waals surface area contributed by atoms with E-state index in [2.05, 4.69) is 5.32 Å². The predicted molar refractivity (Wildman–Crippen MR) is 29.3 cm³/mol. The van der Waals surface area contributed by atoms with Gasteiger partial charge in [0.2, 0.25) is 0 Å². The van der Waals surface area contributed by atoms with Gasteiger partial charge in [-0.2, -0.15) is 0 Å². The van der Waals surface area contributed by atoms with Gasteiger partial charge in [0.25, 0.3) is 0 Å². The normalized spacial score (nSPS) is 27.5. The van der Waals surface area contributed by atoms with Crippen LogP contribution < -0.4 is 5.32 Å². The lowest BCUT2D eigenvalue weighted by Crippen LogP contribution is -2.30. The summed E-state index contributed by atoms with van der Waals surface area (Å²) in [4.78, 5) is 0. The van der Waals surface area contributed by atoms with Crippen molar-refractivity contribution in [1.82, 2.24) is 5.32 Å². The number of hydrogen-bond donors (Lipinski definition) is 3. The third-order valence-corrected chi connectivity index (χ3v) is 1.32.